The van der Waals surface area contributed by atoms with Crippen LogP contribution in [-0.4, -0.2) is 36.3 Å². The lowest BCUT2D eigenvalue weighted by molar-refractivity contribution is -0.128. The Morgan fingerprint density at radius 2 is 1.89 bits per heavy atom. The first-order valence-electron chi connectivity index (χ1n) is 10.4. The van der Waals surface area contributed by atoms with Crippen LogP contribution in [0.1, 0.15) is 75.6 Å². The summed E-state index contributed by atoms with van der Waals surface area (Å²) in [6.45, 7) is 3.58. The third-order valence-electron chi connectivity index (χ3n) is 5.49. The number of hydrogen-bond acceptors (Lipinski definition) is 4. The molecule has 0 spiro atoms. The van der Waals surface area contributed by atoms with Crippen LogP contribution in [0.2, 0.25) is 0 Å². The van der Waals surface area contributed by atoms with E-state index in [1.807, 2.05) is 6.92 Å². The van der Waals surface area contributed by atoms with Gasteiger partial charge in [-0.05, 0) is 44.4 Å². The van der Waals surface area contributed by atoms with Crippen LogP contribution >= 0.6 is 0 Å². The van der Waals surface area contributed by atoms with Gasteiger partial charge in [-0.1, -0.05) is 32.6 Å². The van der Waals surface area contributed by atoms with E-state index in [2.05, 4.69) is 5.32 Å². The van der Waals surface area contributed by atoms with Gasteiger partial charge in [0.15, 0.2) is 11.9 Å². The highest BCUT2D eigenvalue weighted by Gasteiger charge is 2.33. The minimum Gasteiger partial charge on any atom is -0.479 e. The van der Waals surface area contributed by atoms with Crippen LogP contribution in [0.15, 0.2) is 18.2 Å². The number of anilines is 1. The maximum Gasteiger partial charge on any atom is 0.268 e. The van der Waals surface area contributed by atoms with Crippen LogP contribution < -0.4 is 15.0 Å². The van der Waals surface area contributed by atoms with Gasteiger partial charge in [-0.25, -0.2) is 0 Å². The standard InChI is InChI=1S/C22H30N2O4/c1-3-8-19(25)16-11-12-20-18(13-16)24(22(27)15(2)28-20)14-21(26)23-17-9-6-4-5-7-10-17/h11-13,15,17H,3-10,14H2,1-2H3,(H,23,26). The molecule has 2 aliphatic rings. The highest BCUT2D eigenvalue weighted by molar-refractivity contribution is 6.05. The predicted molar refractivity (Wildman–Crippen MR) is 108 cm³/mol. The van der Waals surface area contributed by atoms with Crippen molar-refractivity contribution in [3.8, 4) is 5.75 Å². The van der Waals surface area contributed by atoms with Crippen LogP contribution in [0.4, 0.5) is 5.69 Å². The number of nitrogens with zero attached hydrogens (tertiary/aromatic N) is 1. The summed E-state index contributed by atoms with van der Waals surface area (Å²) in [5, 5.41) is 3.09. The first-order valence-corrected chi connectivity index (χ1v) is 10.4. The normalized spacial score (nSPS) is 20.1. The molecule has 0 bridgehead atoms. The Hall–Kier alpha value is -2.37. The van der Waals surface area contributed by atoms with Crippen molar-refractivity contribution >= 4 is 23.3 Å². The average molecular weight is 386 g/mol. The molecule has 1 unspecified atom stereocenters. The van der Waals surface area contributed by atoms with E-state index < -0.39 is 6.10 Å². The van der Waals surface area contributed by atoms with Crippen molar-refractivity contribution in [2.75, 3.05) is 11.4 Å². The van der Waals surface area contributed by atoms with Gasteiger partial charge in [0.1, 0.15) is 12.3 Å². The number of benzene rings is 1. The quantitative estimate of drug-likeness (QED) is 0.598. The molecule has 6 nitrogen and oxygen atoms in total. The molecule has 1 aromatic carbocycles. The number of nitrogens with one attached hydrogen (secondary N) is 1. The van der Waals surface area contributed by atoms with Gasteiger partial charge in [-0.3, -0.25) is 19.3 Å². The summed E-state index contributed by atoms with van der Waals surface area (Å²) in [6, 6.07) is 5.30. The van der Waals surface area contributed by atoms with Crippen molar-refractivity contribution in [2.24, 2.45) is 0 Å². The van der Waals surface area contributed by atoms with Gasteiger partial charge in [-0.15, -0.1) is 0 Å². The number of amides is 2. The molecule has 0 saturated heterocycles. The predicted octanol–water partition coefficient (Wildman–Crippen LogP) is 3.62. The molecule has 1 fully saturated rings. The molecule has 0 aromatic heterocycles. The van der Waals surface area contributed by atoms with Crippen molar-refractivity contribution in [3.05, 3.63) is 23.8 Å². The molecule has 28 heavy (non-hydrogen) atoms. The fourth-order valence-electron chi connectivity index (χ4n) is 3.96. The topological polar surface area (TPSA) is 75.7 Å². The number of hydrogen-bond donors (Lipinski definition) is 1. The van der Waals surface area contributed by atoms with Crippen molar-refractivity contribution in [1.82, 2.24) is 5.32 Å². The van der Waals surface area contributed by atoms with Gasteiger partial charge in [0.05, 0.1) is 5.69 Å². The molecule has 1 aliphatic heterocycles. The number of ketones is 1. The van der Waals surface area contributed by atoms with Gasteiger partial charge < -0.3 is 10.1 Å². The lowest BCUT2D eigenvalue weighted by atomic mass is 10.0. The van der Waals surface area contributed by atoms with Crippen molar-refractivity contribution in [3.63, 3.8) is 0 Å². The summed E-state index contributed by atoms with van der Waals surface area (Å²) in [5.74, 6) is 0.135. The molecular weight excluding hydrogens is 356 g/mol. The van der Waals surface area contributed by atoms with Crippen molar-refractivity contribution in [1.29, 1.82) is 0 Å². The fraction of sp³-hybridized carbons (Fsp3) is 0.591. The molecule has 152 valence electrons. The number of Topliss-reactive ketones (excluding diaryl/α,β-unsaturated/α-hetero) is 1. The number of rotatable bonds is 6. The van der Waals surface area contributed by atoms with E-state index in [-0.39, 0.29) is 30.2 Å². The summed E-state index contributed by atoms with van der Waals surface area (Å²) in [6.07, 6.45) is 7.23. The van der Waals surface area contributed by atoms with Gasteiger partial charge in [0.25, 0.3) is 5.91 Å². The molecule has 2 amide bonds. The maximum absolute atomic E-state index is 12.7. The molecular formula is C22H30N2O4. The van der Waals surface area contributed by atoms with E-state index in [1.165, 1.54) is 17.7 Å². The Bertz CT molecular complexity index is 738. The Balaban J connectivity index is 1.77. The lowest BCUT2D eigenvalue weighted by Gasteiger charge is -2.33. The van der Waals surface area contributed by atoms with Gasteiger partial charge in [0.2, 0.25) is 5.91 Å². The van der Waals surface area contributed by atoms with E-state index in [9.17, 15) is 14.4 Å². The molecule has 1 aromatic rings. The van der Waals surface area contributed by atoms with E-state index >= 15 is 0 Å². The van der Waals surface area contributed by atoms with Crippen LogP contribution in [0.3, 0.4) is 0 Å². The molecule has 1 heterocycles. The molecule has 1 N–H and O–H groups in total. The van der Waals surface area contributed by atoms with Gasteiger partial charge in [-0.2, -0.15) is 0 Å². The second-order valence-electron chi connectivity index (χ2n) is 7.80. The highest BCUT2D eigenvalue weighted by Crippen LogP contribution is 2.35. The van der Waals surface area contributed by atoms with Crippen LogP contribution in [0.25, 0.3) is 0 Å². The second-order valence-corrected chi connectivity index (χ2v) is 7.80. The SMILES string of the molecule is CCCC(=O)c1ccc2c(c1)N(CC(=O)NC1CCCCCC1)C(=O)C(C)O2. The highest BCUT2D eigenvalue weighted by atomic mass is 16.5. The Morgan fingerprint density at radius 3 is 2.57 bits per heavy atom. The average Bonchev–Trinajstić information content (AvgIpc) is 2.94. The number of fused-ring (bicyclic) bond motifs is 1. The third-order valence-corrected chi connectivity index (χ3v) is 5.49. The van der Waals surface area contributed by atoms with Crippen LogP contribution in [0.5, 0.6) is 5.75 Å². The van der Waals surface area contributed by atoms with Crippen LogP contribution in [0, 0.1) is 0 Å². The number of carbonyl (C=O) groups is 3. The maximum atomic E-state index is 12.7. The van der Waals surface area contributed by atoms with E-state index in [0.717, 1.165) is 32.1 Å². The minimum absolute atomic E-state index is 0.0271. The summed E-state index contributed by atoms with van der Waals surface area (Å²) in [7, 11) is 0. The van der Waals surface area contributed by atoms with Gasteiger partial charge >= 0.3 is 0 Å². The molecule has 3 rings (SSSR count). The Labute approximate surface area is 166 Å². The molecule has 0 radical (unpaired) electrons. The van der Waals surface area contributed by atoms with E-state index in [1.54, 1.807) is 25.1 Å². The monoisotopic (exact) mass is 386 g/mol. The Morgan fingerprint density at radius 1 is 1.18 bits per heavy atom. The van der Waals surface area contributed by atoms with E-state index in [0.29, 0.717) is 23.4 Å². The molecule has 6 heteroatoms. The zero-order valence-corrected chi connectivity index (χ0v) is 16.8. The van der Waals surface area contributed by atoms with Crippen LogP contribution in [-0.2, 0) is 9.59 Å². The third kappa shape index (κ3) is 4.72. The first-order chi connectivity index (χ1) is 13.5. The summed E-state index contributed by atoms with van der Waals surface area (Å²) in [4.78, 5) is 39.1. The summed E-state index contributed by atoms with van der Waals surface area (Å²) >= 11 is 0. The minimum atomic E-state index is -0.657. The summed E-state index contributed by atoms with van der Waals surface area (Å²) in [5.41, 5.74) is 1.04. The lowest BCUT2D eigenvalue weighted by Crippen LogP contribution is -2.50. The largest absolute Gasteiger partial charge is 0.479 e. The Kier molecular flexibility index (Phi) is 6.70. The molecule has 1 atom stereocenters. The van der Waals surface area contributed by atoms with E-state index in [4.69, 9.17) is 4.74 Å². The molecule has 1 aliphatic carbocycles. The second kappa shape index (κ2) is 9.22. The van der Waals surface area contributed by atoms with Crippen molar-refractivity contribution < 1.29 is 19.1 Å². The molecule has 1 saturated carbocycles. The smallest absolute Gasteiger partial charge is 0.268 e. The van der Waals surface area contributed by atoms with Gasteiger partial charge in [0, 0.05) is 18.0 Å². The fourth-order valence-corrected chi connectivity index (χ4v) is 3.96. The number of ether oxygens (including phenoxy) is 1. The first kappa shape index (κ1) is 20.4. The van der Waals surface area contributed by atoms with Crippen molar-refractivity contribution in [2.45, 2.75) is 77.4 Å². The number of carbonyl (C=O) groups excluding carboxylic acids is 3. The zero-order chi connectivity index (χ0) is 20.1. The zero-order valence-electron chi connectivity index (χ0n) is 16.8. The summed E-state index contributed by atoms with van der Waals surface area (Å²) < 4.78 is 5.68.